The average Bonchev–Trinajstić information content (AvgIpc) is 2.83. The lowest BCUT2D eigenvalue weighted by Gasteiger charge is -2.05. The van der Waals surface area contributed by atoms with E-state index >= 15 is 0 Å². The molecular formula is C14H20N4O. The number of pyridine rings is 1. The molecule has 102 valence electrons. The molecule has 2 heterocycles. The Morgan fingerprint density at radius 2 is 2.16 bits per heavy atom. The second kappa shape index (κ2) is 6.43. The molecule has 0 spiro atoms. The summed E-state index contributed by atoms with van der Waals surface area (Å²) in [5, 5.41) is 11.5. The number of nitrogens with zero attached hydrogens (tertiary/aromatic N) is 3. The molecule has 0 saturated heterocycles. The SMILES string of the molecule is Cc1cccnc1-c1nnc(CCCNC(C)C)o1. The van der Waals surface area contributed by atoms with Crippen LogP contribution in [0.3, 0.4) is 0 Å². The van der Waals surface area contributed by atoms with E-state index in [4.69, 9.17) is 4.42 Å². The summed E-state index contributed by atoms with van der Waals surface area (Å²) in [4.78, 5) is 4.27. The molecule has 1 N–H and O–H groups in total. The van der Waals surface area contributed by atoms with E-state index in [1.54, 1.807) is 6.20 Å². The number of aryl methyl sites for hydroxylation is 2. The molecule has 5 heteroatoms. The first-order chi connectivity index (χ1) is 9.16. The molecule has 0 fully saturated rings. The number of aromatic nitrogens is 3. The number of hydrogen-bond donors (Lipinski definition) is 1. The van der Waals surface area contributed by atoms with Crippen molar-refractivity contribution in [3.05, 3.63) is 29.8 Å². The maximum Gasteiger partial charge on any atom is 0.266 e. The van der Waals surface area contributed by atoms with E-state index in [2.05, 4.69) is 34.3 Å². The second-order valence-corrected chi connectivity index (χ2v) is 4.88. The molecule has 0 unspecified atom stereocenters. The molecule has 0 aliphatic rings. The van der Waals surface area contributed by atoms with Crippen LogP contribution in [0.25, 0.3) is 11.6 Å². The zero-order valence-corrected chi connectivity index (χ0v) is 11.7. The monoisotopic (exact) mass is 260 g/mol. The molecule has 2 rings (SSSR count). The van der Waals surface area contributed by atoms with Crippen molar-refractivity contribution in [2.45, 2.75) is 39.7 Å². The lowest BCUT2D eigenvalue weighted by Crippen LogP contribution is -2.23. The summed E-state index contributed by atoms with van der Waals surface area (Å²) >= 11 is 0. The number of hydrogen-bond acceptors (Lipinski definition) is 5. The molecule has 0 aliphatic heterocycles. The topological polar surface area (TPSA) is 63.8 Å². The molecule has 0 atom stereocenters. The van der Waals surface area contributed by atoms with Crippen LogP contribution in [0.15, 0.2) is 22.7 Å². The molecule has 0 radical (unpaired) electrons. The first kappa shape index (κ1) is 13.7. The standard InChI is InChI=1S/C14H20N4O/c1-10(2)15-8-5-7-12-17-18-14(19-12)13-11(3)6-4-9-16-13/h4,6,9-10,15H,5,7-8H2,1-3H3. The highest BCUT2D eigenvalue weighted by atomic mass is 16.4. The highest BCUT2D eigenvalue weighted by Crippen LogP contribution is 2.19. The van der Waals surface area contributed by atoms with Crippen molar-refractivity contribution < 1.29 is 4.42 Å². The van der Waals surface area contributed by atoms with Gasteiger partial charge in [-0.25, -0.2) is 0 Å². The normalized spacial score (nSPS) is 11.2. The van der Waals surface area contributed by atoms with E-state index in [-0.39, 0.29) is 0 Å². The van der Waals surface area contributed by atoms with Crippen LogP contribution in [0.1, 0.15) is 31.7 Å². The Hall–Kier alpha value is -1.75. The first-order valence-corrected chi connectivity index (χ1v) is 6.64. The predicted octanol–water partition coefficient (Wildman–Crippen LogP) is 2.37. The van der Waals surface area contributed by atoms with Crippen molar-refractivity contribution in [2.75, 3.05) is 6.54 Å². The molecule has 5 nitrogen and oxygen atoms in total. The third-order valence-corrected chi connectivity index (χ3v) is 2.80. The maximum atomic E-state index is 5.65. The zero-order valence-electron chi connectivity index (χ0n) is 11.7. The van der Waals surface area contributed by atoms with Gasteiger partial charge in [0.2, 0.25) is 5.89 Å². The van der Waals surface area contributed by atoms with Crippen LogP contribution in [-0.2, 0) is 6.42 Å². The van der Waals surface area contributed by atoms with Crippen molar-refractivity contribution in [2.24, 2.45) is 0 Å². The van der Waals surface area contributed by atoms with E-state index in [1.807, 2.05) is 19.1 Å². The first-order valence-electron chi connectivity index (χ1n) is 6.64. The van der Waals surface area contributed by atoms with Crippen LogP contribution in [0.4, 0.5) is 0 Å². The van der Waals surface area contributed by atoms with E-state index in [1.165, 1.54) is 0 Å². The van der Waals surface area contributed by atoms with Gasteiger partial charge in [0.15, 0.2) is 0 Å². The molecule has 2 aromatic heterocycles. The van der Waals surface area contributed by atoms with Crippen molar-refractivity contribution in [1.82, 2.24) is 20.5 Å². The van der Waals surface area contributed by atoms with Gasteiger partial charge in [-0.2, -0.15) is 0 Å². The number of rotatable bonds is 6. The Kier molecular flexibility index (Phi) is 4.63. The van der Waals surface area contributed by atoms with Crippen LogP contribution < -0.4 is 5.32 Å². The predicted molar refractivity (Wildman–Crippen MR) is 73.7 cm³/mol. The van der Waals surface area contributed by atoms with Crippen LogP contribution in [0.5, 0.6) is 0 Å². The van der Waals surface area contributed by atoms with E-state index in [0.717, 1.165) is 30.6 Å². The minimum absolute atomic E-state index is 0.505. The van der Waals surface area contributed by atoms with Gasteiger partial charge in [-0.3, -0.25) is 4.98 Å². The smallest absolute Gasteiger partial charge is 0.266 e. The summed E-state index contributed by atoms with van der Waals surface area (Å²) in [7, 11) is 0. The van der Waals surface area contributed by atoms with E-state index < -0.39 is 0 Å². The van der Waals surface area contributed by atoms with E-state index in [9.17, 15) is 0 Å². The highest BCUT2D eigenvalue weighted by molar-refractivity contribution is 5.51. The Bertz CT molecular complexity index is 522. The zero-order chi connectivity index (χ0) is 13.7. The minimum atomic E-state index is 0.505. The van der Waals surface area contributed by atoms with E-state index in [0.29, 0.717) is 17.8 Å². The fourth-order valence-corrected chi connectivity index (χ4v) is 1.79. The Morgan fingerprint density at radius 1 is 1.32 bits per heavy atom. The average molecular weight is 260 g/mol. The molecule has 0 amide bonds. The molecule has 2 aromatic rings. The van der Waals surface area contributed by atoms with Gasteiger partial charge in [0.05, 0.1) is 0 Å². The lowest BCUT2D eigenvalue weighted by molar-refractivity contribution is 0.483. The number of nitrogens with one attached hydrogen (secondary N) is 1. The highest BCUT2D eigenvalue weighted by Gasteiger charge is 2.11. The third-order valence-electron chi connectivity index (χ3n) is 2.80. The molecule has 0 bridgehead atoms. The minimum Gasteiger partial charge on any atom is -0.419 e. The summed E-state index contributed by atoms with van der Waals surface area (Å²) in [6, 6.07) is 4.39. The van der Waals surface area contributed by atoms with Gasteiger partial charge in [0.1, 0.15) is 5.69 Å². The second-order valence-electron chi connectivity index (χ2n) is 4.88. The van der Waals surface area contributed by atoms with Gasteiger partial charge in [0, 0.05) is 18.7 Å². The van der Waals surface area contributed by atoms with Crippen molar-refractivity contribution in [3.8, 4) is 11.6 Å². The Balaban J connectivity index is 1.94. The van der Waals surface area contributed by atoms with Gasteiger partial charge in [-0.05, 0) is 31.5 Å². The summed E-state index contributed by atoms with van der Waals surface area (Å²) in [6.07, 6.45) is 3.51. The summed E-state index contributed by atoms with van der Waals surface area (Å²) in [6.45, 7) is 7.21. The quantitative estimate of drug-likeness (QED) is 0.808. The van der Waals surface area contributed by atoms with Crippen LogP contribution in [0.2, 0.25) is 0 Å². The fourth-order valence-electron chi connectivity index (χ4n) is 1.79. The van der Waals surface area contributed by atoms with Gasteiger partial charge >= 0.3 is 0 Å². The molecule has 19 heavy (non-hydrogen) atoms. The molecule has 0 saturated carbocycles. The molecular weight excluding hydrogens is 240 g/mol. The molecule has 0 aromatic carbocycles. The van der Waals surface area contributed by atoms with Gasteiger partial charge in [0.25, 0.3) is 5.89 Å². The van der Waals surface area contributed by atoms with Crippen molar-refractivity contribution in [1.29, 1.82) is 0 Å². The van der Waals surface area contributed by atoms with Gasteiger partial charge in [-0.15, -0.1) is 10.2 Å². The van der Waals surface area contributed by atoms with Crippen LogP contribution in [0, 0.1) is 6.92 Å². The summed E-state index contributed by atoms with van der Waals surface area (Å²) in [5.41, 5.74) is 1.81. The van der Waals surface area contributed by atoms with Gasteiger partial charge in [-0.1, -0.05) is 19.9 Å². The van der Waals surface area contributed by atoms with Crippen molar-refractivity contribution in [3.63, 3.8) is 0 Å². The largest absolute Gasteiger partial charge is 0.419 e. The van der Waals surface area contributed by atoms with Crippen LogP contribution in [-0.4, -0.2) is 27.8 Å². The fraction of sp³-hybridized carbons (Fsp3) is 0.500. The van der Waals surface area contributed by atoms with Crippen LogP contribution >= 0.6 is 0 Å². The van der Waals surface area contributed by atoms with Gasteiger partial charge < -0.3 is 9.73 Å². The lowest BCUT2D eigenvalue weighted by atomic mass is 10.2. The summed E-state index contributed by atoms with van der Waals surface area (Å²) < 4.78 is 5.65. The van der Waals surface area contributed by atoms with Crippen molar-refractivity contribution >= 4 is 0 Å². The Labute approximate surface area is 113 Å². The molecule has 0 aliphatic carbocycles. The Morgan fingerprint density at radius 3 is 2.89 bits per heavy atom. The maximum absolute atomic E-state index is 5.65. The summed E-state index contributed by atoms with van der Waals surface area (Å²) in [5.74, 6) is 1.18. The third kappa shape index (κ3) is 3.86.